The van der Waals surface area contributed by atoms with Gasteiger partial charge < -0.3 is 20.7 Å². The maximum atomic E-state index is 14.7. The van der Waals surface area contributed by atoms with E-state index in [2.05, 4.69) is 15.3 Å². The van der Waals surface area contributed by atoms with Crippen LogP contribution in [0.2, 0.25) is 0 Å². The van der Waals surface area contributed by atoms with E-state index >= 15 is 0 Å². The molecule has 2 aliphatic heterocycles. The van der Waals surface area contributed by atoms with Crippen molar-refractivity contribution in [2.75, 3.05) is 36.5 Å². The second kappa shape index (κ2) is 9.06. The van der Waals surface area contributed by atoms with Crippen LogP contribution in [0.1, 0.15) is 0 Å². The number of nitrogens with two attached hydrogens (primary N) is 1. The summed E-state index contributed by atoms with van der Waals surface area (Å²) < 4.78 is 34.3. The maximum absolute atomic E-state index is 14.7. The van der Waals surface area contributed by atoms with E-state index in [1.807, 2.05) is 4.90 Å². The number of rotatable bonds is 3. The fourth-order valence-corrected chi connectivity index (χ4v) is 3.16. The van der Waals surface area contributed by atoms with Crippen LogP contribution >= 0.6 is 12.4 Å². The minimum Gasteiger partial charge on any atom is -0.378 e. The van der Waals surface area contributed by atoms with Crippen molar-refractivity contribution in [3.05, 3.63) is 60.2 Å². The number of para-hydroxylation sites is 2. The lowest BCUT2D eigenvalue weighted by atomic mass is 10.2. The molecule has 1 unspecified atom stereocenters. The first-order valence-corrected chi connectivity index (χ1v) is 8.93. The summed E-state index contributed by atoms with van der Waals surface area (Å²) in [7, 11) is 0. The molecule has 154 valence electrons. The smallest absolute Gasteiger partial charge is 0.222 e. The van der Waals surface area contributed by atoms with E-state index in [4.69, 9.17) is 10.5 Å². The third-order valence-electron chi connectivity index (χ3n) is 4.49. The average Bonchev–Trinajstić information content (AvgIpc) is 2.71. The molecule has 1 fully saturated rings. The molecule has 0 radical (unpaired) electrons. The number of hydrogen-bond acceptors (Lipinski definition) is 7. The van der Waals surface area contributed by atoms with Gasteiger partial charge in [0.05, 0.1) is 24.6 Å². The van der Waals surface area contributed by atoms with Crippen molar-refractivity contribution in [3.63, 3.8) is 0 Å². The Kier molecular flexibility index (Phi) is 6.50. The van der Waals surface area contributed by atoms with Gasteiger partial charge in [0.2, 0.25) is 18.2 Å². The van der Waals surface area contributed by atoms with E-state index < -0.39 is 17.9 Å². The molecule has 2 aliphatic rings. The van der Waals surface area contributed by atoms with E-state index in [0.29, 0.717) is 32.3 Å². The number of anilines is 2. The van der Waals surface area contributed by atoms with Gasteiger partial charge in [-0.05, 0) is 24.3 Å². The Labute approximate surface area is 173 Å². The fraction of sp³-hybridized carbons (Fsp3) is 0.263. The molecule has 0 bridgehead atoms. The normalized spacial score (nSPS) is 19.2. The predicted octanol–water partition coefficient (Wildman–Crippen LogP) is 2.61. The van der Waals surface area contributed by atoms with Crippen molar-refractivity contribution in [3.8, 4) is 0 Å². The Morgan fingerprint density at radius 3 is 2.34 bits per heavy atom. The Hall–Kier alpha value is -2.91. The SMILES string of the molecule is Cl.NC1=NC(Nc2ccccc2F)N(c2ccccc2F)C(N2CCOCC2)=N1. The molecule has 0 amide bonds. The van der Waals surface area contributed by atoms with Crippen LogP contribution in [0.3, 0.4) is 0 Å². The molecule has 7 nitrogen and oxygen atoms in total. The largest absolute Gasteiger partial charge is 0.378 e. The molecule has 0 spiro atoms. The van der Waals surface area contributed by atoms with Crippen molar-refractivity contribution in [2.45, 2.75) is 6.29 Å². The standard InChI is InChI=1S/C19H20F2N6O.ClH/c20-13-5-1-3-7-15(13)23-18-24-17(22)25-19(26-9-11-28-12-10-26)27(18)16-8-4-2-6-14(16)21;/h1-8,18,23H,9-12H2,(H2,22,24);1H. The van der Waals surface area contributed by atoms with Gasteiger partial charge in [-0.15, -0.1) is 12.4 Å². The molecule has 2 heterocycles. The molecule has 0 aliphatic carbocycles. The molecule has 2 aromatic rings. The molecule has 29 heavy (non-hydrogen) atoms. The van der Waals surface area contributed by atoms with Crippen LogP contribution in [0.5, 0.6) is 0 Å². The monoisotopic (exact) mass is 422 g/mol. The van der Waals surface area contributed by atoms with Crippen LogP contribution in [0.15, 0.2) is 58.5 Å². The van der Waals surface area contributed by atoms with Crippen LogP contribution in [0, 0.1) is 11.6 Å². The van der Waals surface area contributed by atoms with Crippen molar-refractivity contribution in [1.29, 1.82) is 0 Å². The molecule has 10 heteroatoms. The highest BCUT2D eigenvalue weighted by Crippen LogP contribution is 2.27. The molecule has 1 atom stereocenters. The molecule has 1 saturated heterocycles. The van der Waals surface area contributed by atoms with Crippen molar-refractivity contribution in [1.82, 2.24) is 4.90 Å². The number of benzene rings is 2. The van der Waals surface area contributed by atoms with Crippen LogP contribution < -0.4 is 16.0 Å². The average molecular weight is 423 g/mol. The Morgan fingerprint density at radius 2 is 1.66 bits per heavy atom. The molecule has 4 rings (SSSR count). The van der Waals surface area contributed by atoms with E-state index in [1.54, 1.807) is 41.3 Å². The summed E-state index contributed by atoms with van der Waals surface area (Å²) in [6, 6.07) is 12.5. The number of hydrogen-bond donors (Lipinski definition) is 2. The van der Waals surface area contributed by atoms with Gasteiger partial charge in [-0.25, -0.2) is 13.8 Å². The summed E-state index contributed by atoms with van der Waals surface area (Å²) >= 11 is 0. The minimum absolute atomic E-state index is 0. The summed E-state index contributed by atoms with van der Waals surface area (Å²) in [4.78, 5) is 12.2. The van der Waals surface area contributed by atoms with Gasteiger partial charge in [-0.1, -0.05) is 24.3 Å². The minimum atomic E-state index is -0.871. The highest BCUT2D eigenvalue weighted by Gasteiger charge is 2.33. The molecule has 2 aromatic carbocycles. The summed E-state index contributed by atoms with van der Waals surface area (Å²) in [6.45, 7) is 2.19. The van der Waals surface area contributed by atoms with Crippen LogP contribution in [0.4, 0.5) is 20.2 Å². The third-order valence-corrected chi connectivity index (χ3v) is 4.49. The number of ether oxygens (including phenoxy) is 1. The Morgan fingerprint density at radius 1 is 1.00 bits per heavy atom. The first-order valence-electron chi connectivity index (χ1n) is 8.93. The molecular formula is C19H21ClF2N6O. The fourth-order valence-electron chi connectivity index (χ4n) is 3.16. The molecule has 0 aromatic heterocycles. The number of nitrogens with zero attached hydrogens (tertiary/aromatic N) is 4. The summed E-state index contributed by atoms with van der Waals surface area (Å²) in [5.41, 5.74) is 6.43. The molecular weight excluding hydrogens is 402 g/mol. The highest BCUT2D eigenvalue weighted by atomic mass is 35.5. The topological polar surface area (TPSA) is 78.5 Å². The zero-order valence-corrected chi connectivity index (χ0v) is 16.3. The van der Waals surface area contributed by atoms with Gasteiger partial charge in [-0.2, -0.15) is 4.99 Å². The van der Waals surface area contributed by atoms with Gasteiger partial charge in [0.1, 0.15) is 11.6 Å². The lowest BCUT2D eigenvalue weighted by molar-refractivity contribution is 0.0671. The van der Waals surface area contributed by atoms with Gasteiger partial charge in [0, 0.05) is 13.1 Å². The van der Waals surface area contributed by atoms with Gasteiger partial charge in [-0.3, -0.25) is 4.90 Å². The van der Waals surface area contributed by atoms with E-state index in [1.165, 1.54) is 12.1 Å². The van der Waals surface area contributed by atoms with Crippen molar-refractivity contribution >= 4 is 35.7 Å². The van der Waals surface area contributed by atoms with Crippen molar-refractivity contribution < 1.29 is 13.5 Å². The van der Waals surface area contributed by atoms with E-state index in [-0.39, 0.29) is 29.7 Å². The number of morpholine rings is 1. The van der Waals surface area contributed by atoms with Gasteiger partial charge >= 0.3 is 0 Å². The highest BCUT2D eigenvalue weighted by molar-refractivity contribution is 6.06. The lowest BCUT2D eigenvalue weighted by Gasteiger charge is -2.41. The van der Waals surface area contributed by atoms with Crippen molar-refractivity contribution in [2.24, 2.45) is 15.7 Å². The zero-order valence-electron chi connectivity index (χ0n) is 15.5. The summed E-state index contributed by atoms with van der Waals surface area (Å²) in [6.07, 6.45) is -0.871. The van der Waals surface area contributed by atoms with Crippen LogP contribution in [-0.4, -0.2) is 49.4 Å². The Balaban J connectivity index is 0.00000240. The first-order chi connectivity index (χ1) is 13.6. The lowest BCUT2D eigenvalue weighted by Crippen LogP contribution is -2.57. The molecule has 3 N–H and O–H groups in total. The van der Waals surface area contributed by atoms with Crippen LogP contribution in [-0.2, 0) is 4.74 Å². The van der Waals surface area contributed by atoms with E-state index in [0.717, 1.165) is 0 Å². The summed E-state index contributed by atoms with van der Waals surface area (Å²) in [5.74, 6) is -0.419. The number of aliphatic imine (C=N–C) groups is 2. The summed E-state index contributed by atoms with van der Waals surface area (Å²) in [5, 5.41) is 3.00. The van der Waals surface area contributed by atoms with E-state index in [9.17, 15) is 8.78 Å². The number of guanidine groups is 2. The predicted molar refractivity (Wildman–Crippen MR) is 111 cm³/mol. The molecule has 0 saturated carbocycles. The zero-order chi connectivity index (χ0) is 19.5. The van der Waals surface area contributed by atoms with Crippen LogP contribution in [0.25, 0.3) is 0 Å². The third kappa shape index (κ3) is 4.41. The maximum Gasteiger partial charge on any atom is 0.222 e. The van der Waals surface area contributed by atoms with Gasteiger partial charge in [0.15, 0.2) is 0 Å². The Bertz CT molecular complexity index is 919. The quantitative estimate of drug-likeness (QED) is 0.795. The number of nitrogens with one attached hydrogen (secondary N) is 1. The number of halogens is 3. The first kappa shape index (κ1) is 20.8. The second-order valence-corrected chi connectivity index (χ2v) is 6.32. The van der Waals surface area contributed by atoms with Gasteiger partial charge in [0.25, 0.3) is 0 Å². The second-order valence-electron chi connectivity index (χ2n) is 6.32.